The fraction of sp³-hybridized carbons (Fsp3) is 0.370. The highest BCUT2D eigenvalue weighted by Gasteiger charge is 2.41. The molecule has 0 aliphatic carbocycles. The van der Waals surface area contributed by atoms with Gasteiger partial charge in [0.2, 0.25) is 27.7 Å². The summed E-state index contributed by atoms with van der Waals surface area (Å²) in [6.45, 7) is 3.54. The Kier molecular flexibility index (Phi) is 8.47. The van der Waals surface area contributed by atoms with Gasteiger partial charge in [-0.05, 0) is 44.5 Å². The summed E-state index contributed by atoms with van der Waals surface area (Å²) in [7, 11) is -1.33. The van der Waals surface area contributed by atoms with E-state index in [0.29, 0.717) is 28.7 Å². The molecule has 4 heterocycles. The molecule has 0 unspecified atom stereocenters. The zero-order valence-electron chi connectivity index (χ0n) is 23.9. The standard InChI is InChI=1S/C27H30FN7O7S/c1-5-41-25(36)17-11-19(15-34(14-17)26-29-12-18(28)13-30-26)43(37,38)33-27-32-31-24(22-10-9-16(2)42-22)35(27)23-20(39-3)7-6-8-21(23)40-4/h6-10,12-13,17,19H,5,11,14-15H2,1-4H3,(H,32,33)/t17-,19+/m1/s1. The van der Waals surface area contributed by atoms with Crippen LogP contribution in [0.15, 0.2) is 47.1 Å². The van der Waals surface area contributed by atoms with Crippen LogP contribution >= 0.6 is 0 Å². The van der Waals surface area contributed by atoms with Gasteiger partial charge in [0.15, 0.2) is 11.6 Å². The van der Waals surface area contributed by atoms with Gasteiger partial charge in [0.05, 0.1) is 44.4 Å². The third-order valence-corrected chi connectivity index (χ3v) is 8.53. The van der Waals surface area contributed by atoms with E-state index in [-0.39, 0.29) is 43.8 Å². The molecule has 3 aromatic heterocycles. The van der Waals surface area contributed by atoms with Crippen LogP contribution in [0.1, 0.15) is 19.1 Å². The first-order valence-electron chi connectivity index (χ1n) is 13.3. The number of hydrogen-bond acceptors (Lipinski definition) is 12. The number of ether oxygens (including phenoxy) is 3. The molecule has 43 heavy (non-hydrogen) atoms. The molecule has 1 saturated heterocycles. The minimum Gasteiger partial charge on any atom is -0.494 e. The van der Waals surface area contributed by atoms with Crippen LogP contribution in [-0.2, 0) is 19.6 Å². The second-order valence-corrected chi connectivity index (χ2v) is 11.6. The minimum absolute atomic E-state index is 0.0534. The molecule has 1 aliphatic heterocycles. The number of carbonyl (C=O) groups excluding carboxylic acids is 1. The third-order valence-electron chi connectivity index (χ3n) is 6.84. The maximum atomic E-state index is 14.0. The lowest BCUT2D eigenvalue weighted by Crippen LogP contribution is -2.50. The normalized spacial score (nSPS) is 17.0. The molecule has 1 aromatic carbocycles. The molecule has 228 valence electrons. The summed E-state index contributed by atoms with van der Waals surface area (Å²) in [5.41, 5.74) is 0.327. The van der Waals surface area contributed by atoms with Crippen LogP contribution in [0.25, 0.3) is 17.3 Å². The maximum absolute atomic E-state index is 14.0. The Labute approximate surface area is 246 Å². The molecule has 0 saturated carbocycles. The zero-order valence-corrected chi connectivity index (χ0v) is 24.7. The SMILES string of the molecule is CCOC(=O)[C@@H]1C[C@H](S(=O)(=O)Nc2nnc(-c3ccc(C)o3)n2-c2c(OC)cccc2OC)CN(c2ncc(F)cn2)C1. The quantitative estimate of drug-likeness (QED) is 0.260. The molecule has 16 heteroatoms. The highest BCUT2D eigenvalue weighted by molar-refractivity contribution is 7.93. The number of esters is 1. The molecule has 5 rings (SSSR count). The van der Waals surface area contributed by atoms with Crippen molar-refractivity contribution in [1.29, 1.82) is 0 Å². The number of furan rings is 1. The topological polar surface area (TPSA) is 164 Å². The number of aromatic nitrogens is 5. The van der Waals surface area contributed by atoms with Gasteiger partial charge in [0, 0.05) is 13.1 Å². The van der Waals surface area contributed by atoms with E-state index in [1.165, 1.54) is 23.7 Å². The highest BCUT2D eigenvalue weighted by Crippen LogP contribution is 2.38. The summed E-state index contributed by atoms with van der Waals surface area (Å²) < 4.78 is 67.7. The van der Waals surface area contributed by atoms with Crippen LogP contribution in [0.5, 0.6) is 11.5 Å². The predicted octanol–water partition coefficient (Wildman–Crippen LogP) is 2.98. The Morgan fingerprint density at radius 1 is 1.09 bits per heavy atom. The number of para-hydroxylation sites is 1. The van der Waals surface area contributed by atoms with Gasteiger partial charge in [-0.25, -0.2) is 22.8 Å². The van der Waals surface area contributed by atoms with Gasteiger partial charge in [-0.3, -0.25) is 14.1 Å². The number of benzene rings is 1. The van der Waals surface area contributed by atoms with Crippen molar-refractivity contribution in [3.05, 3.63) is 54.3 Å². The lowest BCUT2D eigenvalue weighted by Gasteiger charge is -2.36. The monoisotopic (exact) mass is 615 g/mol. The Bertz CT molecular complexity index is 1690. The van der Waals surface area contributed by atoms with Crippen LogP contribution in [0.2, 0.25) is 0 Å². The number of anilines is 2. The van der Waals surface area contributed by atoms with Gasteiger partial charge in [-0.15, -0.1) is 10.2 Å². The molecule has 0 amide bonds. The summed E-state index contributed by atoms with van der Waals surface area (Å²) in [6, 6.07) is 8.50. The summed E-state index contributed by atoms with van der Waals surface area (Å²) in [4.78, 5) is 22.2. The Morgan fingerprint density at radius 2 is 1.79 bits per heavy atom. The van der Waals surface area contributed by atoms with Gasteiger partial charge >= 0.3 is 5.97 Å². The lowest BCUT2D eigenvalue weighted by atomic mass is 9.98. The number of sulfonamides is 1. The molecule has 4 aromatic rings. The van der Waals surface area contributed by atoms with E-state index < -0.39 is 33.0 Å². The van der Waals surface area contributed by atoms with Crippen molar-refractivity contribution in [1.82, 2.24) is 24.7 Å². The summed E-state index contributed by atoms with van der Waals surface area (Å²) in [5, 5.41) is 7.25. The number of nitrogens with one attached hydrogen (secondary N) is 1. The number of carbonyl (C=O) groups is 1. The van der Waals surface area contributed by atoms with Crippen LogP contribution in [-0.4, -0.2) is 78.3 Å². The van der Waals surface area contributed by atoms with Crippen molar-refractivity contribution in [3.8, 4) is 28.8 Å². The number of nitrogens with zero attached hydrogens (tertiary/aromatic N) is 6. The maximum Gasteiger partial charge on any atom is 0.310 e. The third kappa shape index (κ3) is 6.09. The van der Waals surface area contributed by atoms with Gasteiger partial charge < -0.3 is 23.5 Å². The molecular weight excluding hydrogens is 585 g/mol. The van der Waals surface area contributed by atoms with Crippen LogP contribution in [0.4, 0.5) is 16.3 Å². The molecule has 1 N–H and O–H groups in total. The highest BCUT2D eigenvalue weighted by atomic mass is 32.2. The number of hydrogen-bond donors (Lipinski definition) is 1. The van der Waals surface area contributed by atoms with Crippen molar-refractivity contribution in [2.24, 2.45) is 5.92 Å². The Balaban J connectivity index is 1.57. The summed E-state index contributed by atoms with van der Waals surface area (Å²) >= 11 is 0. The van der Waals surface area contributed by atoms with Crippen molar-refractivity contribution >= 4 is 27.9 Å². The first kappa shape index (κ1) is 29.8. The second kappa shape index (κ2) is 12.2. The van der Waals surface area contributed by atoms with E-state index in [4.69, 9.17) is 18.6 Å². The van der Waals surface area contributed by atoms with Crippen molar-refractivity contribution in [3.63, 3.8) is 0 Å². The zero-order chi connectivity index (χ0) is 30.7. The molecule has 0 spiro atoms. The molecule has 1 aliphatic rings. The summed E-state index contributed by atoms with van der Waals surface area (Å²) in [5.74, 6) is -0.317. The van der Waals surface area contributed by atoms with E-state index in [2.05, 4.69) is 24.9 Å². The average Bonchev–Trinajstić information content (AvgIpc) is 3.62. The average molecular weight is 616 g/mol. The van der Waals surface area contributed by atoms with E-state index in [1.54, 1.807) is 44.2 Å². The first-order chi connectivity index (χ1) is 20.6. The van der Waals surface area contributed by atoms with Crippen LogP contribution in [0, 0.1) is 18.7 Å². The van der Waals surface area contributed by atoms with Gasteiger partial charge in [-0.1, -0.05) is 6.07 Å². The fourth-order valence-electron chi connectivity index (χ4n) is 4.88. The number of halogens is 1. The van der Waals surface area contributed by atoms with E-state index >= 15 is 0 Å². The van der Waals surface area contributed by atoms with Crippen molar-refractivity contribution in [2.75, 3.05) is 43.5 Å². The van der Waals surface area contributed by atoms with Crippen LogP contribution in [0.3, 0.4) is 0 Å². The number of methoxy groups -OCH3 is 2. The molecular formula is C27H30FN7O7S. The predicted molar refractivity (Wildman–Crippen MR) is 152 cm³/mol. The first-order valence-corrected chi connectivity index (χ1v) is 14.8. The van der Waals surface area contributed by atoms with Crippen molar-refractivity contribution in [2.45, 2.75) is 25.5 Å². The number of piperidine rings is 1. The van der Waals surface area contributed by atoms with E-state index in [1.807, 2.05) is 0 Å². The number of rotatable bonds is 10. The van der Waals surface area contributed by atoms with Gasteiger partial charge in [-0.2, -0.15) is 0 Å². The van der Waals surface area contributed by atoms with Crippen molar-refractivity contribution < 1.29 is 36.2 Å². The second-order valence-electron chi connectivity index (χ2n) is 9.66. The van der Waals surface area contributed by atoms with Gasteiger partial charge in [0.25, 0.3) is 0 Å². The smallest absolute Gasteiger partial charge is 0.310 e. The van der Waals surface area contributed by atoms with E-state index in [0.717, 1.165) is 12.4 Å². The lowest BCUT2D eigenvalue weighted by molar-refractivity contribution is -0.148. The molecule has 0 bridgehead atoms. The molecule has 14 nitrogen and oxygen atoms in total. The minimum atomic E-state index is -4.26. The number of aryl methyl sites for hydroxylation is 1. The summed E-state index contributed by atoms with van der Waals surface area (Å²) in [6.07, 6.45) is 1.89. The Morgan fingerprint density at radius 3 is 2.40 bits per heavy atom. The molecule has 0 radical (unpaired) electrons. The largest absolute Gasteiger partial charge is 0.494 e. The van der Waals surface area contributed by atoms with E-state index in [9.17, 15) is 17.6 Å². The fourth-order valence-corrected chi connectivity index (χ4v) is 6.29. The molecule has 1 fully saturated rings. The molecule has 2 atom stereocenters. The Hall–Kier alpha value is -4.73. The van der Waals surface area contributed by atoms with Crippen LogP contribution < -0.4 is 19.1 Å². The van der Waals surface area contributed by atoms with Gasteiger partial charge in [0.1, 0.15) is 22.9 Å².